The van der Waals surface area contributed by atoms with Gasteiger partial charge in [-0.15, -0.1) is 0 Å². The first-order chi connectivity index (χ1) is 6.69. The van der Waals surface area contributed by atoms with Crippen LogP contribution in [0, 0.1) is 0 Å². The number of nitrogens with two attached hydrogens (primary N) is 1. The molecule has 0 saturated heterocycles. The molecular formula is C10H14N2O2. The zero-order chi connectivity index (χ0) is 10.6. The maximum Gasteiger partial charge on any atom is 0.339 e. The SMILES string of the molecule is CC[C@@H](N)c1cncc(C(=O)OC)c1. The van der Waals surface area contributed by atoms with Gasteiger partial charge in [0.1, 0.15) is 0 Å². The highest BCUT2D eigenvalue weighted by atomic mass is 16.5. The molecule has 1 heterocycles. The quantitative estimate of drug-likeness (QED) is 0.736. The van der Waals surface area contributed by atoms with Crippen molar-refractivity contribution in [1.29, 1.82) is 0 Å². The van der Waals surface area contributed by atoms with E-state index in [0.29, 0.717) is 5.56 Å². The third kappa shape index (κ3) is 2.29. The third-order valence-corrected chi connectivity index (χ3v) is 2.05. The minimum Gasteiger partial charge on any atom is -0.465 e. The molecule has 76 valence electrons. The standard InChI is InChI=1S/C10H14N2O2/c1-3-9(11)7-4-8(6-12-5-7)10(13)14-2/h4-6,9H,3,11H2,1-2H3/t9-/m1/s1. The average molecular weight is 194 g/mol. The van der Waals surface area contributed by atoms with Crippen molar-refractivity contribution in [3.8, 4) is 0 Å². The van der Waals surface area contributed by atoms with Crippen LogP contribution in [0.25, 0.3) is 0 Å². The van der Waals surface area contributed by atoms with Gasteiger partial charge in [0.25, 0.3) is 0 Å². The first-order valence-electron chi connectivity index (χ1n) is 4.47. The predicted octanol–water partition coefficient (Wildman–Crippen LogP) is 1.28. The minimum absolute atomic E-state index is 0.0768. The fourth-order valence-corrected chi connectivity index (χ4v) is 1.13. The van der Waals surface area contributed by atoms with Crippen molar-refractivity contribution < 1.29 is 9.53 Å². The number of nitrogens with zero attached hydrogens (tertiary/aromatic N) is 1. The highest BCUT2D eigenvalue weighted by Gasteiger charge is 2.09. The van der Waals surface area contributed by atoms with Crippen LogP contribution >= 0.6 is 0 Å². The molecule has 0 spiro atoms. The number of carbonyl (C=O) groups is 1. The monoisotopic (exact) mass is 194 g/mol. The third-order valence-electron chi connectivity index (χ3n) is 2.05. The lowest BCUT2D eigenvalue weighted by atomic mass is 10.1. The van der Waals surface area contributed by atoms with Gasteiger partial charge in [0, 0.05) is 18.4 Å². The molecule has 0 aliphatic rings. The lowest BCUT2D eigenvalue weighted by Crippen LogP contribution is -2.11. The van der Waals surface area contributed by atoms with E-state index in [9.17, 15) is 4.79 Å². The van der Waals surface area contributed by atoms with Crippen molar-refractivity contribution in [2.24, 2.45) is 5.73 Å². The van der Waals surface area contributed by atoms with Crippen molar-refractivity contribution in [3.63, 3.8) is 0 Å². The zero-order valence-corrected chi connectivity index (χ0v) is 8.36. The van der Waals surface area contributed by atoms with Gasteiger partial charge in [-0.1, -0.05) is 6.92 Å². The summed E-state index contributed by atoms with van der Waals surface area (Å²) in [6.45, 7) is 1.98. The van der Waals surface area contributed by atoms with Gasteiger partial charge in [-0.3, -0.25) is 4.98 Å². The predicted molar refractivity (Wildman–Crippen MR) is 52.8 cm³/mol. The van der Waals surface area contributed by atoms with Crippen LogP contribution < -0.4 is 5.73 Å². The van der Waals surface area contributed by atoms with Crippen LogP contribution in [0.3, 0.4) is 0 Å². The molecule has 0 amide bonds. The smallest absolute Gasteiger partial charge is 0.339 e. The number of esters is 1. The van der Waals surface area contributed by atoms with Crippen LogP contribution in [0.5, 0.6) is 0 Å². The molecule has 4 nitrogen and oxygen atoms in total. The number of rotatable bonds is 3. The normalized spacial score (nSPS) is 12.2. The van der Waals surface area contributed by atoms with Gasteiger partial charge in [0.2, 0.25) is 0 Å². The Hall–Kier alpha value is -1.42. The van der Waals surface area contributed by atoms with E-state index in [1.807, 2.05) is 6.92 Å². The van der Waals surface area contributed by atoms with Crippen LogP contribution in [0.2, 0.25) is 0 Å². The largest absolute Gasteiger partial charge is 0.465 e. The van der Waals surface area contributed by atoms with E-state index in [0.717, 1.165) is 12.0 Å². The molecule has 2 N–H and O–H groups in total. The van der Waals surface area contributed by atoms with Crippen molar-refractivity contribution in [1.82, 2.24) is 4.98 Å². The molecule has 1 rings (SSSR count). The topological polar surface area (TPSA) is 65.2 Å². The highest BCUT2D eigenvalue weighted by Crippen LogP contribution is 2.13. The summed E-state index contributed by atoms with van der Waals surface area (Å²) in [6.07, 6.45) is 3.95. The summed E-state index contributed by atoms with van der Waals surface area (Å²) in [4.78, 5) is 15.1. The second-order valence-electron chi connectivity index (χ2n) is 3.01. The van der Waals surface area contributed by atoms with Crippen LogP contribution in [0.4, 0.5) is 0 Å². The minimum atomic E-state index is -0.386. The molecule has 0 bridgehead atoms. The molecule has 0 aromatic carbocycles. The number of hydrogen-bond acceptors (Lipinski definition) is 4. The second kappa shape index (κ2) is 4.72. The Morgan fingerprint density at radius 3 is 2.93 bits per heavy atom. The van der Waals surface area contributed by atoms with Crippen molar-refractivity contribution in [2.75, 3.05) is 7.11 Å². The summed E-state index contributed by atoms with van der Waals surface area (Å²) in [5, 5.41) is 0. The number of pyridine rings is 1. The van der Waals surface area contributed by atoms with Crippen molar-refractivity contribution >= 4 is 5.97 Å². The van der Waals surface area contributed by atoms with Gasteiger partial charge < -0.3 is 10.5 Å². The summed E-state index contributed by atoms with van der Waals surface area (Å²) >= 11 is 0. The van der Waals surface area contributed by atoms with Crippen LogP contribution in [0.1, 0.15) is 35.3 Å². The number of hydrogen-bond donors (Lipinski definition) is 1. The van der Waals surface area contributed by atoms with E-state index < -0.39 is 0 Å². The van der Waals surface area contributed by atoms with Crippen molar-refractivity contribution in [3.05, 3.63) is 29.6 Å². The molecule has 0 saturated carbocycles. The molecule has 1 atom stereocenters. The Kier molecular flexibility index (Phi) is 3.59. The Balaban J connectivity index is 2.95. The molecule has 14 heavy (non-hydrogen) atoms. The molecule has 4 heteroatoms. The summed E-state index contributed by atoms with van der Waals surface area (Å²) < 4.78 is 4.58. The van der Waals surface area contributed by atoms with Crippen molar-refractivity contribution in [2.45, 2.75) is 19.4 Å². The van der Waals surface area contributed by atoms with Gasteiger partial charge in [0.05, 0.1) is 12.7 Å². The first-order valence-corrected chi connectivity index (χ1v) is 4.47. The molecule has 0 radical (unpaired) electrons. The summed E-state index contributed by atoms with van der Waals surface area (Å²) in [5.41, 5.74) is 7.11. The summed E-state index contributed by atoms with van der Waals surface area (Å²) in [6, 6.07) is 1.64. The van der Waals surface area contributed by atoms with Gasteiger partial charge in [0.15, 0.2) is 0 Å². The van der Waals surface area contributed by atoms with E-state index in [2.05, 4.69) is 9.72 Å². The fourth-order valence-electron chi connectivity index (χ4n) is 1.13. The number of carbonyl (C=O) groups excluding carboxylic acids is 1. The molecular weight excluding hydrogens is 180 g/mol. The van der Waals surface area contributed by atoms with Gasteiger partial charge in [-0.05, 0) is 18.1 Å². The Morgan fingerprint density at radius 1 is 1.64 bits per heavy atom. The maximum absolute atomic E-state index is 11.2. The van der Waals surface area contributed by atoms with E-state index in [1.54, 1.807) is 12.3 Å². The zero-order valence-electron chi connectivity index (χ0n) is 8.36. The fraction of sp³-hybridized carbons (Fsp3) is 0.400. The van der Waals surface area contributed by atoms with Gasteiger partial charge in [-0.2, -0.15) is 0 Å². The molecule has 0 aliphatic heterocycles. The van der Waals surface area contributed by atoms with E-state index in [-0.39, 0.29) is 12.0 Å². The molecule has 0 aliphatic carbocycles. The molecule has 0 unspecified atom stereocenters. The van der Waals surface area contributed by atoms with Gasteiger partial charge in [-0.25, -0.2) is 4.79 Å². The molecule has 1 aromatic heterocycles. The number of aromatic nitrogens is 1. The van der Waals surface area contributed by atoms with Crippen LogP contribution in [-0.2, 0) is 4.74 Å². The number of methoxy groups -OCH3 is 1. The molecule has 1 aromatic rings. The van der Waals surface area contributed by atoms with E-state index in [1.165, 1.54) is 13.3 Å². The average Bonchev–Trinajstić information content (AvgIpc) is 2.27. The van der Waals surface area contributed by atoms with E-state index in [4.69, 9.17) is 5.73 Å². The first kappa shape index (κ1) is 10.7. The Morgan fingerprint density at radius 2 is 2.36 bits per heavy atom. The second-order valence-corrected chi connectivity index (χ2v) is 3.01. The van der Waals surface area contributed by atoms with Gasteiger partial charge >= 0.3 is 5.97 Å². The molecule has 0 fully saturated rings. The maximum atomic E-state index is 11.2. The summed E-state index contributed by atoms with van der Waals surface area (Å²) in [5.74, 6) is -0.386. The lowest BCUT2D eigenvalue weighted by Gasteiger charge is -2.09. The van der Waals surface area contributed by atoms with E-state index >= 15 is 0 Å². The van der Waals surface area contributed by atoms with Crippen LogP contribution in [0.15, 0.2) is 18.5 Å². The number of ether oxygens (including phenoxy) is 1. The summed E-state index contributed by atoms with van der Waals surface area (Å²) in [7, 11) is 1.34. The highest BCUT2D eigenvalue weighted by molar-refractivity contribution is 5.89. The van der Waals surface area contributed by atoms with Crippen LogP contribution in [-0.4, -0.2) is 18.1 Å². The Labute approximate surface area is 83.1 Å². The lowest BCUT2D eigenvalue weighted by molar-refractivity contribution is 0.0600. The Bertz CT molecular complexity index is 326.